The van der Waals surface area contributed by atoms with Crippen LogP contribution in [0.3, 0.4) is 0 Å². The Morgan fingerprint density at radius 3 is 2.35 bits per heavy atom. The van der Waals surface area contributed by atoms with Gasteiger partial charge in [0, 0.05) is 12.5 Å². The lowest BCUT2D eigenvalue weighted by molar-refractivity contribution is -0.0698. The van der Waals surface area contributed by atoms with E-state index in [-0.39, 0.29) is 6.42 Å². The molecule has 1 aliphatic heterocycles. The highest BCUT2D eigenvalue weighted by Crippen LogP contribution is 2.15. The fraction of sp³-hybridized carbons (Fsp3) is 0.500. The highest BCUT2D eigenvalue weighted by molar-refractivity contribution is 5.18. The second-order valence-corrected chi connectivity index (χ2v) is 4.04. The third kappa shape index (κ3) is 3.73. The number of aliphatic hydroxyl groups is 1. The van der Waals surface area contributed by atoms with Crippen LogP contribution in [0.5, 0.6) is 0 Å². The number of hydrogen-bond acceptors (Lipinski definition) is 3. The Balaban J connectivity index is 1.90. The van der Waals surface area contributed by atoms with Gasteiger partial charge < -0.3 is 14.6 Å². The molecule has 0 aromatic heterocycles. The molecule has 1 heterocycles. The summed E-state index contributed by atoms with van der Waals surface area (Å²) in [5.74, 6) is -1.28. The molecule has 1 unspecified atom stereocenters. The average Bonchev–Trinajstić information content (AvgIpc) is 2.67. The molecule has 0 bridgehead atoms. The topological polar surface area (TPSA) is 38.7 Å². The summed E-state index contributed by atoms with van der Waals surface area (Å²) < 4.78 is 36.2. The van der Waals surface area contributed by atoms with Crippen molar-refractivity contribution < 1.29 is 23.4 Å². The Labute approximate surface area is 98.0 Å². The van der Waals surface area contributed by atoms with Gasteiger partial charge in [0.05, 0.1) is 19.3 Å². The zero-order valence-corrected chi connectivity index (χ0v) is 9.23. The summed E-state index contributed by atoms with van der Waals surface area (Å²) in [6.07, 6.45) is -0.668. The molecule has 0 saturated carbocycles. The van der Waals surface area contributed by atoms with Gasteiger partial charge in [-0.2, -0.15) is 0 Å². The van der Waals surface area contributed by atoms with Gasteiger partial charge in [-0.05, 0) is 24.1 Å². The highest BCUT2D eigenvalue weighted by Gasteiger charge is 2.20. The smallest absolute Gasteiger partial charge is 0.160 e. The second kappa shape index (κ2) is 5.53. The molecule has 5 heteroatoms. The van der Waals surface area contributed by atoms with Crippen LogP contribution in [0.4, 0.5) is 8.78 Å². The minimum atomic E-state index is -0.737. The number of aliphatic hydroxyl groups excluding tert-OH is 1. The molecule has 1 aromatic rings. The lowest BCUT2D eigenvalue weighted by Gasteiger charge is -2.14. The lowest BCUT2D eigenvalue weighted by atomic mass is 10.1. The van der Waals surface area contributed by atoms with Gasteiger partial charge in [-0.25, -0.2) is 8.78 Å². The Morgan fingerprint density at radius 1 is 1.18 bits per heavy atom. The first-order chi connectivity index (χ1) is 8.13. The Morgan fingerprint density at radius 2 is 1.76 bits per heavy atom. The molecule has 0 spiro atoms. The lowest BCUT2D eigenvalue weighted by Crippen LogP contribution is -2.20. The maximum atomic E-state index is 12.9. The molecule has 17 heavy (non-hydrogen) atoms. The highest BCUT2D eigenvalue weighted by atomic mass is 19.1. The minimum absolute atomic E-state index is 0.178. The number of hydrogen-bond donors (Lipinski definition) is 1. The van der Waals surface area contributed by atoms with Crippen LogP contribution in [-0.2, 0) is 15.9 Å². The molecule has 94 valence electrons. The Kier molecular flexibility index (Phi) is 4.04. The van der Waals surface area contributed by atoms with Crippen molar-refractivity contribution in [3.05, 3.63) is 35.4 Å². The third-order valence-corrected chi connectivity index (χ3v) is 2.55. The minimum Gasteiger partial charge on any atom is -0.393 e. The Bertz CT molecular complexity index is 358. The quantitative estimate of drug-likeness (QED) is 0.875. The zero-order valence-electron chi connectivity index (χ0n) is 9.23. The molecule has 0 aliphatic carbocycles. The summed E-state index contributed by atoms with van der Waals surface area (Å²) in [7, 11) is 0. The molecular weight excluding hydrogens is 230 g/mol. The van der Waals surface area contributed by atoms with E-state index in [0.717, 1.165) is 6.07 Å². The van der Waals surface area contributed by atoms with Gasteiger partial charge >= 0.3 is 0 Å². The molecule has 3 nitrogen and oxygen atoms in total. The number of rotatable bonds is 4. The first-order valence-electron chi connectivity index (χ1n) is 5.50. The fourth-order valence-corrected chi connectivity index (χ4v) is 1.85. The molecule has 0 amide bonds. The molecule has 1 N–H and O–H groups in total. The number of ether oxygens (including phenoxy) is 2. The molecule has 0 radical (unpaired) electrons. The summed E-state index contributed by atoms with van der Waals surface area (Å²) in [6.45, 7) is 1.04. The summed E-state index contributed by atoms with van der Waals surface area (Å²) in [4.78, 5) is 0. The predicted octanol–water partition coefficient (Wildman–Crippen LogP) is 1.63. The van der Waals surface area contributed by atoms with Crippen LogP contribution in [0.2, 0.25) is 0 Å². The second-order valence-electron chi connectivity index (χ2n) is 4.04. The van der Waals surface area contributed by atoms with Gasteiger partial charge in [0.2, 0.25) is 0 Å². The van der Waals surface area contributed by atoms with Gasteiger partial charge in [0.15, 0.2) is 6.29 Å². The van der Waals surface area contributed by atoms with Gasteiger partial charge in [-0.3, -0.25) is 0 Å². The van der Waals surface area contributed by atoms with Crippen LogP contribution in [0.25, 0.3) is 0 Å². The first kappa shape index (κ1) is 12.4. The van der Waals surface area contributed by atoms with E-state index in [1.54, 1.807) is 0 Å². The van der Waals surface area contributed by atoms with E-state index in [1.165, 1.54) is 12.1 Å². The van der Waals surface area contributed by atoms with Crippen molar-refractivity contribution in [2.75, 3.05) is 13.2 Å². The molecule has 1 fully saturated rings. The van der Waals surface area contributed by atoms with Crippen molar-refractivity contribution in [3.63, 3.8) is 0 Å². The standard InChI is InChI=1S/C12H14F2O3/c13-9-3-8(4-10(14)6-9)5-11(15)7-12-16-1-2-17-12/h3-4,6,11-12,15H,1-2,5,7H2. The van der Waals surface area contributed by atoms with Crippen molar-refractivity contribution >= 4 is 0 Å². The molecule has 2 rings (SSSR count). The van der Waals surface area contributed by atoms with Crippen molar-refractivity contribution in [2.24, 2.45) is 0 Å². The molecule has 1 aromatic carbocycles. The maximum absolute atomic E-state index is 12.9. The first-order valence-corrected chi connectivity index (χ1v) is 5.50. The van der Waals surface area contributed by atoms with Crippen LogP contribution < -0.4 is 0 Å². The fourth-order valence-electron chi connectivity index (χ4n) is 1.85. The molecule has 1 aliphatic rings. The molecule has 1 saturated heterocycles. The monoisotopic (exact) mass is 244 g/mol. The zero-order chi connectivity index (χ0) is 12.3. The van der Waals surface area contributed by atoms with Crippen LogP contribution >= 0.6 is 0 Å². The predicted molar refractivity (Wildman–Crippen MR) is 56.4 cm³/mol. The van der Waals surface area contributed by atoms with E-state index in [9.17, 15) is 13.9 Å². The summed E-state index contributed by atoms with van der Waals surface area (Å²) in [5, 5.41) is 9.74. The summed E-state index contributed by atoms with van der Waals surface area (Å²) >= 11 is 0. The van der Waals surface area contributed by atoms with Crippen molar-refractivity contribution in [2.45, 2.75) is 25.2 Å². The SMILES string of the molecule is OC(Cc1cc(F)cc(F)c1)CC1OCCO1. The number of halogens is 2. The van der Waals surface area contributed by atoms with Gasteiger partial charge in [0.1, 0.15) is 11.6 Å². The number of benzene rings is 1. The molecular formula is C12H14F2O3. The third-order valence-electron chi connectivity index (χ3n) is 2.55. The van der Waals surface area contributed by atoms with E-state index < -0.39 is 24.0 Å². The van der Waals surface area contributed by atoms with Crippen molar-refractivity contribution in [3.8, 4) is 0 Å². The van der Waals surface area contributed by atoms with E-state index >= 15 is 0 Å². The van der Waals surface area contributed by atoms with Gasteiger partial charge in [0.25, 0.3) is 0 Å². The van der Waals surface area contributed by atoms with Crippen LogP contribution in [-0.4, -0.2) is 30.7 Å². The van der Waals surface area contributed by atoms with E-state index in [4.69, 9.17) is 9.47 Å². The van der Waals surface area contributed by atoms with E-state index in [0.29, 0.717) is 25.2 Å². The molecule has 1 atom stereocenters. The van der Waals surface area contributed by atoms with E-state index in [2.05, 4.69) is 0 Å². The normalized spacial score (nSPS) is 18.5. The van der Waals surface area contributed by atoms with Crippen LogP contribution in [0.1, 0.15) is 12.0 Å². The van der Waals surface area contributed by atoms with Gasteiger partial charge in [-0.1, -0.05) is 0 Å². The largest absolute Gasteiger partial charge is 0.393 e. The maximum Gasteiger partial charge on any atom is 0.160 e. The Hall–Kier alpha value is -1.04. The van der Waals surface area contributed by atoms with Crippen molar-refractivity contribution in [1.82, 2.24) is 0 Å². The van der Waals surface area contributed by atoms with Crippen molar-refractivity contribution in [1.29, 1.82) is 0 Å². The van der Waals surface area contributed by atoms with Crippen LogP contribution in [0.15, 0.2) is 18.2 Å². The van der Waals surface area contributed by atoms with E-state index in [1.807, 2.05) is 0 Å². The average molecular weight is 244 g/mol. The summed E-state index contributed by atoms with van der Waals surface area (Å²) in [5.41, 5.74) is 0.424. The van der Waals surface area contributed by atoms with Crippen LogP contribution in [0, 0.1) is 11.6 Å². The van der Waals surface area contributed by atoms with Gasteiger partial charge in [-0.15, -0.1) is 0 Å². The summed E-state index contributed by atoms with van der Waals surface area (Å²) in [6, 6.07) is 3.23.